The van der Waals surface area contributed by atoms with Crippen LogP contribution in [-0.4, -0.2) is 80.0 Å². The van der Waals surface area contributed by atoms with Gasteiger partial charge in [0.25, 0.3) is 0 Å². The molecule has 2 saturated heterocycles. The van der Waals surface area contributed by atoms with Gasteiger partial charge in [-0.2, -0.15) is 0 Å². The van der Waals surface area contributed by atoms with E-state index >= 15 is 0 Å². The Balaban J connectivity index is 1.40. The van der Waals surface area contributed by atoms with E-state index in [4.69, 9.17) is 33.2 Å². The van der Waals surface area contributed by atoms with Gasteiger partial charge >= 0.3 is 5.97 Å². The van der Waals surface area contributed by atoms with E-state index in [-0.39, 0.29) is 13.2 Å². The zero-order chi connectivity index (χ0) is 33.2. The summed E-state index contributed by atoms with van der Waals surface area (Å²) in [5, 5.41) is 15.1. The van der Waals surface area contributed by atoms with Crippen molar-refractivity contribution in [3.63, 3.8) is 0 Å². The summed E-state index contributed by atoms with van der Waals surface area (Å²) in [5.41, 5.74) is 11.6. The van der Waals surface area contributed by atoms with Crippen LogP contribution in [0.15, 0.2) is 96.1 Å². The number of aliphatic hydroxyl groups is 1. The first-order valence-electron chi connectivity index (χ1n) is 15.6. The van der Waals surface area contributed by atoms with E-state index in [1.165, 1.54) is 7.11 Å². The second-order valence-electron chi connectivity index (χ2n) is 11.6. The van der Waals surface area contributed by atoms with Gasteiger partial charge in [-0.25, -0.2) is 4.79 Å². The number of aliphatic hydroxyl groups excluding tert-OH is 1. The molecule has 4 unspecified atom stereocenters. The molecule has 0 spiro atoms. The highest BCUT2D eigenvalue weighted by atomic mass is 16.7. The van der Waals surface area contributed by atoms with Crippen molar-refractivity contribution in [1.82, 2.24) is 0 Å². The molecule has 0 aliphatic carbocycles. The molecule has 2 aliphatic rings. The maximum atomic E-state index is 13.3. The minimum atomic E-state index is -1.11. The third-order valence-corrected chi connectivity index (χ3v) is 8.41. The van der Waals surface area contributed by atoms with Gasteiger partial charge in [0.05, 0.1) is 43.6 Å². The van der Waals surface area contributed by atoms with Gasteiger partial charge in [-0.05, 0) is 41.6 Å². The van der Waals surface area contributed by atoms with E-state index in [2.05, 4.69) is 10.0 Å². The molecule has 12 nitrogen and oxygen atoms in total. The molecule has 12 heteroatoms. The molecule has 0 aromatic heterocycles. The Morgan fingerprint density at radius 3 is 2.09 bits per heavy atom. The van der Waals surface area contributed by atoms with Crippen LogP contribution in [0.25, 0.3) is 10.4 Å². The van der Waals surface area contributed by atoms with Crippen molar-refractivity contribution in [2.45, 2.75) is 82.3 Å². The second-order valence-corrected chi connectivity index (χ2v) is 11.6. The molecule has 10 atom stereocenters. The SMILES string of the molecule is CO[C@H]1O[C@@H](C)[C@@H](O[C@@H]2OC(COCc3ccccc3)[C@H](O)[C@H](C)C2N=[N+]=[N-])C(OCc2ccccc2)C1OC(=O)c1ccccc1. The van der Waals surface area contributed by atoms with Crippen molar-refractivity contribution in [3.05, 3.63) is 118 Å². The van der Waals surface area contributed by atoms with Gasteiger partial charge in [0.1, 0.15) is 18.3 Å². The van der Waals surface area contributed by atoms with E-state index in [0.29, 0.717) is 12.2 Å². The summed E-state index contributed by atoms with van der Waals surface area (Å²) in [4.78, 5) is 16.3. The van der Waals surface area contributed by atoms with E-state index in [1.807, 2.05) is 60.7 Å². The first-order chi connectivity index (χ1) is 22.9. The average molecular weight is 648 g/mol. The number of carbonyl (C=O) groups excluding carboxylic acids is 1. The lowest BCUT2D eigenvalue weighted by molar-refractivity contribution is -0.340. The molecule has 3 aromatic carbocycles. The molecule has 3 aromatic rings. The maximum absolute atomic E-state index is 13.3. The molecule has 0 saturated carbocycles. The predicted molar refractivity (Wildman–Crippen MR) is 170 cm³/mol. The van der Waals surface area contributed by atoms with Crippen molar-refractivity contribution < 1.29 is 43.1 Å². The zero-order valence-corrected chi connectivity index (χ0v) is 26.6. The highest BCUT2D eigenvalue weighted by Gasteiger charge is 2.52. The number of azide groups is 1. The normalized spacial score (nSPS) is 30.6. The van der Waals surface area contributed by atoms with Crippen molar-refractivity contribution in [2.75, 3.05) is 13.7 Å². The topological polar surface area (TPSA) is 151 Å². The number of esters is 1. The Kier molecular flexibility index (Phi) is 12.3. The maximum Gasteiger partial charge on any atom is 0.338 e. The summed E-state index contributed by atoms with van der Waals surface area (Å²) in [7, 11) is 1.46. The number of methoxy groups -OCH3 is 1. The van der Waals surface area contributed by atoms with Crippen molar-refractivity contribution >= 4 is 5.97 Å². The minimum absolute atomic E-state index is 0.0664. The average Bonchev–Trinajstić information content (AvgIpc) is 3.10. The number of hydrogen-bond acceptors (Lipinski definition) is 10. The van der Waals surface area contributed by atoms with Crippen LogP contribution in [-0.2, 0) is 46.4 Å². The van der Waals surface area contributed by atoms with Crippen LogP contribution in [0.1, 0.15) is 35.3 Å². The quantitative estimate of drug-likeness (QED) is 0.114. The molecule has 2 aliphatic heterocycles. The fourth-order valence-corrected chi connectivity index (χ4v) is 5.81. The van der Waals surface area contributed by atoms with Crippen LogP contribution in [0.5, 0.6) is 0 Å². The largest absolute Gasteiger partial charge is 0.450 e. The predicted octanol–water partition coefficient (Wildman–Crippen LogP) is 5.19. The first-order valence-corrected chi connectivity index (χ1v) is 15.6. The van der Waals surface area contributed by atoms with Gasteiger partial charge in [0.15, 0.2) is 18.7 Å². The van der Waals surface area contributed by atoms with Crippen LogP contribution in [0.4, 0.5) is 0 Å². The Morgan fingerprint density at radius 2 is 1.47 bits per heavy atom. The van der Waals surface area contributed by atoms with Gasteiger partial charge in [-0.3, -0.25) is 0 Å². The Bertz CT molecular complexity index is 1440. The highest BCUT2D eigenvalue weighted by Crippen LogP contribution is 2.35. The molecule has 1 N–H and O–H groups in total. The monoisotopic (exact) mass is 647 g/mol. The third kappa shape index (κ3) is 8.75. The number of benzene rings is 3. The molecule has 0 amide bonds. The summed E-state index contributed by atoms with van der Waals surface area (Å²) < 4.78 is 43.0. The molecule has 0 bridgehead atoms. The van der Waals surface area contributed by atoms with Gasteiger partial charge in [-0.15, -0.1) is 0 Å². The van der Waals surface area contributed by atoms with Crippen LogP contribution < -0.4 is 0 Å². The lowest BCUT2D eigenvalue weighted by Crippen LogP contribution is -2.63. The molecule has 2 heterocycles. The molecular formula is C35H41N3O9. The zero-order valence-electron chi connectivity index (χ0n) is 26.6. The third-order valence-electron chi connectivity index (χ3n) is 8.41. The van der Waals surface area contributed by atoms with Gasteiger partial charge < -0.3 is 38.3 Å². The van der Waals surface area contributed by atoms with Crippen LogP contribution in [0.2, 0.25) is 0 Å². The molecule has 2 fully saturated rings. The second kappa shape index (κ2) is 16.8. The fourth-order valence-electron chi connectivity index (χ4n) is 5.81. The number of rotatable bonds is 13. The Morgan fingerprint density at radius 1 is 0.851 bits per heavy atom. The van der Waals surface area contributed by atoms with Crippen molar-refractivity contribution in [2.24, 2.45) is 11.0 Å². The van der Waals surface area contributed by atoms with Gasteiger partial charge in [-0.1, -0.05) is 90.9 Å². The number of nitrogens with zero attached hydrogens (tertiary/aromatic N) is 3. The number of ether oxygens (including phenoxy) is 7. The van der Waals surface area contributed by atoms with E-state index < -0.39 is 67.1 Å². The molecule has 5 rings (SSSR count). The summed E-state index contributed by atoms with van der Waals surface area (Å²) in [5.74, 6) is -1.13. The van der Waals surface area contributed by atoms with Crippen LogP contribution in [0, 0.1) is 5.92 Å². The van der Waals surface area contributed by atoms with Gasteiger partial charge in [0.2, 0.25) is 0 Å². The summed E-state index contributed by atoms with van der Waals surface area (Å²) >= 11 is 0. The standard InChI is InChI=1S/C35H41N3O9/c1-22-28(37-38-36)34(45-27(29(22)39)21-42-19-24-13-7-4-8-14-24)47-30-23(2)44-35(41-3)32(46-33(40)26-17-11-6-12-18-26)31(30)43-20-25-15-9-5-10-16-25/h4-18,22-23,27-32,34-35,39H,19-21H2,1-3H3/t22-,23+,27?,28?,29-,30-,31?,32?,34+,35+/m1/s1. The molecule has 0 radical (unpaired) electrons. The van der Waals surface area contributed by atoms with E-state index in [0.717, 1.165) is 11.1 Å². The summed E-state index contributed by atoms with van der Waals surface area (Å²) in [6.07, 6.45) is -7.34. The summed E-state index contributed by atoms with van der Waals surface area (Å²) in [6, 6.07) is 26.9. The molecule has 250 valence electrons. The Labute approximate surface area is 274 Å². The smallest absolute Gasteiger partial charge is 0.338 e. The first kappa shape index (κ1) is 34.5. The van der Waals surface area contributed by atoms with Gasteiger partial charge in [0, 0.05) is 12.0 Å². The van der Waals surface area contributed by atoms with Crippen LogP contribution in [0.3, 0.4) is 0 Å². The lowest BCUT2D eigenvalue weighted by Gasteiger charge is -2.48. The summed E-state index contributed by atoms with van der Waals surface area (Å²) in [6.45, 7) is 4.11. The molecular weight excluding hydrogens is 606 g/mol. The minimum Gasteiger partial charge on any atom is -0.450 e. The highest BCUT2D eigenvalue weighted by molar-refractivity contribution is 5.89. The number of hydrogen-bond donors (Lipinski definition) is 1. The van der Waals surface area contributed by atoms with Crippen LogP contribution >= 0.6 is 0 Å². The fraction of sp³-hybridized carbons (Fsp3) is 0.457. The lowest BCUT2D eigenvalue weighted by atomic mass is 9.89. The van der Waals surface area contributed by atoms with Crippen molar-refractivity contribution in [3.8, 4) is 0 Å². The van der Waals surface area contributed by atoms with E-state index in [1.54, 1.807) is 44.2 Å². The molecule has 47 heavy (non-hydrogen) atoms. The number of carbonyl (C=O) groups is 1. The Hall–Kier alpha value is -3.84. The van der Waals surface area contributed by atoms with E-state index in [9.17, 15) is 15.4 Å². The van der Waals surface area contributed by atoms with Crippen molar-refractivity contribution in [1.29, 1.82) is 0 Å².